The van der Waals surface area contributed by atoms with Crippen molar-refractivity contribution in [2.45, 2.75) is 18.4 Å². The molecule has 1 amide bonds. The molecule has 0 atom stereocenters. The molecular weight excluding hydrogens is 280 g/mol. The highest BCUT2D eigenvalue weighted by atomic mass is 16.5. The molecule has 2 aliphatic rings. The molecule has 0 aromatic carbocycles. The highest BCUT2D eigenvalue weighted by molar-refractivity contribution is 5.85. The van der Waals surface area contributed by atoms with Crippen molar-refractivity contribution < 1.29 is 9.53 Å². The average Bonchev–Trinajstić information content (AvgIpc) is 2.62. The molecule has 2 fully saturated rings. The quantitative estimate of drug-likeness (QED) is 0.881. The van der Waals surface area contributed by atoms with E-state index < -0.39 is 5.60 Å². The van der Waals surface area contributed by atoms with Crippen LogP contribution in [0.2, 0.25) is 0 Å². The van der Waals surface area contributed by atoms with Gasteiger partial charge in [0.25, 0.3) is 5.91 Å². The molecule has 2 saturated heterocycles. The van der Waals surface area contributed by atoms with Crippen molar-refractivity contribution in [1.29, 1.82) is 0 Å². The van der Waals surface area contributed by atoms with Gasteiger partial charge in [0.05, 0.1) is 0 Å². The molecule has 6 nitrogen and oxygen atoms in total. The van der Waals surface area contributed by atoms with Crippen molar-refractivity contribution >= 4 is 11.7 Å². The summed E-state index contributed by atoms with van der Waals surface area (Å²) in [5.74, 6) is 1.13. The van der Waals surface area contributed by atoms with Crippen LogP contribution in [0.5, 0.6) is 0 Å². The number of carbonyl (C=O) groups excluding carboxylic acids is 1. The summed E-state index contributed by atoms with van der Waals surface area (Å²) in [6, 6.07) is 5.93. The first-order valence-corrected chi connectivity index (χ1v) is 7.96. The monoisotopic (exact) mass is 304 g/mol. The first-order chi connectivity index (χ1) is 10.7. The highest BCUT2D eigenvalue weighted by Gasteiger charge is 2.42. The molecule has 3 rings (SSSR count). The van der Waals surface area contributed by atoms with Gasteiger partial charge in [-0.15, -0.1) is 0 Å². The Bertz CT molecular complexity index is 494. The Morgan fingerprint density at radius 2 is 1.95 bits per heavy atom. The smallest absolute Gasteiger partial charge is 0.255 e. The molecule has 1 aromatic heterocycles. The van der Waals surface area contributed by atoms with Gasteiger partial charge in [-0.05, 0) is 38.1 Å². The number of methoxy groups -OCH3 is 1. The van der Waals surface area contributed by atoms with E-state index in [9.17, 15) is 4.79 Å². The van der Waals surface area contributed by atoms with Crippen molar-refractivity contribution in [2.75, 3.05) is 51.3 Å². The molecule has 1 N–H and O–H groups in total. The number of carbonyl (C=O) groups is 1. The van der Waals surface area contributed by atoms with Crippen molar-refractivity contribution in [1.82, 2.24) is 15.2 Å². The van der Waals surface area contributed by atoms with Gasteiger partial charge in [0.1, 0.15) is 11.4 Å². The van der Waals surface area contributed by atoms with Crippen LogP contribution in [0.4, 0.5) is 5.82 Å². The number of hydrogen-bond acceptors (Lipinski definition) is 5. The van der Waals surface area contributed by atoms with E-state index in [-0.39, 0.29) is 5.91 Å². The summed E-state index contributed by atoms with van der Waals surface area (Å²) in [5, 5.41) is 3.29. The van der Waals surface area contributed by atoms with Crippen LogP contribution in [0, 0.1) is 0 Å². The van der Waals surface area contributed by atoms with Crippen LogP contribution in [-0.4, -0.2) is 67.8 Å². The fraction of sp³-hybridized carbons (Fsp3) is 0.625. The van der Waals surface area contributed by atoms with Gasteiger partial charge < -0.3 is 19.9 Å². The SMILES string of the molecule is COC1(C(=O)N2CCN(c3ccccn3)CC2)CCNCC1. The molecule has 2 aliphatic heterocycles. The van der Waals surface area contributed by atoms with Crippen LogP contribution in [0.25, 0.3) is 0 Å². The predicted octanol–water partition coefficient (Wildman–Crippen LogP) is 0.499. The molecule has 0 radical (unpaired) electrons. The maximum atomic E-state index is 12.9. The lowest BCUT2D eigenvalue weighted by Gasteiger charge is -2.42. The van der Waals surface area contributed by atoms with Gasteiger partial charge in [-0.1, -0.05) is 6.07 Å². The van der Waals surface area contributed by atoms with Crippen LogP contribution < -0.4 is 10.2 Å². The third-order valence-electron chi connectivity index (χ3n) is 4.73. The Morgan fingerprint density at radius 1 is 1.23 bits per heavy atom. The summed E-state index contributed by atoms with van der Waals surface area (Å²) in [7, 11) is 1.66. The van der Waals surface area contributed by atoms with E-state index in [4.69, 9.17) is 4.74 Å². The van der Waals surface area contributed by atoms with Gasteiger partial charge in [-0.3, -0.25) is 4.79 Å². The lowest BCUT2D eigenvalue weighted by atomic mass is 9.90. The van der Waals surface area contributed by atoms with Crippen molar-refractivity contribution in [3.05, 3.63) is 24.4 Å². The number of nitrogens with one attached hydrogen (secondary N) is 1. The summed E-state index contributed by atoms with van der Waals surface area (Å²) in [5.41, 5.74) is -0.627. The molecule has 6 heteroatoms. The third-order valence-corrected chi connectivity index (χ3v) is 4.73. The molecule has 22 heavy (non-hydrogen) atoms. The number of ether oxygens (including phenoxy) is 1. The Morgan fingerprint density at radius 3 is 2.55 bits per heavy atom. The zero-order chi connectivity index (χ0) is 15.4. The Labute approximate surface area is 131 Å². The van der Waals surface area contributed by atoms with E-state index in [1.54, 1.807) is 7.11 Å². The second-order valence-corrected chi connectivity index (χ2v) is 5.92. The highest BCUT2D eigenvalue weighted by Crippen LogP contribution is 2.26. The van der Waals surface area contributed by atoms with Crippen molar-refractivity contribution in [3.63, 3.8) is 0 Å². The molecule has 0 bridgehead atoms. The normalized spacial score (nSPS) is 21.7. The zero-order valence-electron chi connectivity index (χ0n) is 13.1. The maximum absolute atomic E-state index is 12.9. The second kappa shape index (κ2) is 6.62. The second-order valence-electron chi connectivity index (χ2n) is 5.92. The van der Waals surface area contributed by atoms with E-state index in [1.807, 2.05) is 29.3 Å². The number of nitrogens with zero attached hydrogens (tertiary/aromatic N) is 3. The fourth-order valence-electron chi connectivity index (χ4n) is 3.30. The minimum absolute atomic E-state index is 0.150. The minimum atomic E-state index is -0.627. The third kappa shape index (κ3) is 2.94. The minimum Gasteiger partial charge on any atom is -0.368 e. The predicted molar refractivity (Wildman–Crippen MR) is 84.9 cm³/mol. The lowest BCUT2D eigenvalue weighted by molar-refractivity contribution is -0.158. The van der Waals surface area contributed by atoms with E-state index >= 15 is 0 Å². The van der Waals surface area contributed by atoms with Crippen molar-refractivity contribution in [3.8, 4) is 0 Å². The van der Waals surface area contributed by atoms with E-state index in [1.165, 1.54) is 0 Å². The number of hydrogen-bond donors (Lipinski definition) is 1. The van der Waals surface area contributed by atoms with Gasteiger partial charge in [0.15, 0.2) is 0 Å². The first-order valence-electron chi connectivity index (χ1n) is 7.96. The van der Waals surface area contributed by atoms with Crippen LogP contribution in [-0.2, 0) is 9.53 Å². The van der Waals surface area contributed by atoms with Crippen LogP contribution in [0.1, 0.15) is 12.8 Å². The molecule has 0 unspecified atom stereocenters. The number of pyridine rings is 1. The molecule has 0 aliphatic carbocycles. The largest absolute Gasteiger partial charge is 0.368 e. The summed E-state index contributed by atoms with van der Waals surface area (Å²) in [6.45, 7) is 4.78. The van der Waals surface area contributed by atoms with Gasteiger partial charge in [-0.2, -0.15) is 0 Å². The summed E-state index contributed by atoms with van der Waals surface area (Å²) in [4.78, 5) is 21.5. The topological polar surface area (TPSA) is 57.7 Å². The first kappa shape index (κ1) is 15.2. The lowest BCUT2D eigenvalue weighted by Crippen LogP contribution is -2.59. The summed E-state index contributed by atoms with van der Waals surface area (Å²) < 4.78 is 5.65. The summed E-state index contributed by atoms with van der Waals surface area (Å²) >= 11 is 0. The Hall–Kier alpha value is -1.66. The molecule has 0 saturated carbocycles. The number of piperazine rings is 1. The van der Waals surface area contributed by atoms with Gasteiger partial charge in [0, 0.05) is 39.5 Å². The summed E-state index contributed by atoms with van der Waals surface area (Å²) in [6.07, 6.45) is 3.31. The van der Waals surface area contributed by atoms with Gasteiger partial charge >= 0.3 is 0 Å². The Balaban J connectivity index is 1.62. The number of anilines is 1. The standard InChI is InChI=1S/C16H24N4O2/c1-22-16(5-8-17-9-6-16)15(21)20-12-10-19(11-13-20)14-4-2-3-7-18-14/h2-4,7,17H,5-6,8-13H2,1H3. The fourth-order valence-corrected chi connectivity index (χ4v) is 3.30. The van der Waals surface area contributed by atoms with Crippen LogP contribution in [0.3, 0.4) is 0 Å². The molecule has 3 heterocycles. The molecule has 120 valence electrons. The van der Waals surface area contributed by atoms with Gasteiger partial charge in [-0.25, -0.2) is 4.98 Å². The number of aromatic nitrogens is 1. The van der Waals surface area contributed by atoms with Gasteiger partial charge in [0.2, 0.25) is 0 Å². The number of piperidine rings is 1. The zero-order valence-corrected chi connectivity index (χ0v) is 13.1. The molecule has 1 aromatic rings. The molecular formula is C16H24N4O2. The van der Waals surface area contributed by atoms with Crippen molar-refractivity contribution in [2.24, 2.45) is 0 Å². The van der Waals surface area contributed by atoms with E-state index in [0.29, 0.717) is 0 Å². The maximum Gasteiger partial charge on any atom is 0.255 e. The number of rotatable bonds is 3. The average molecular weight is 304 g/mol. The Kier molecular flexibility index (Phi) is 4.59. The van der Waals surface area contributed by atoms with E-state index in [0.717, 1.165) is 57.9 Å². The van der Waals surface area contributed by atoms with Crippen LogP contribution >= 0.6 is 0 Å². The number of amides is 1. The molecule has 0 spiro atoms. The van der Waals surface area contributed by atoms with Crippen LogP contribution in [0.15, 0.2) is 24.4 Å². The van der Waals surface area contributed by atoms with E-state index in [2.05, 4.69) is 15.2 Å².